The second kappa shape index (κ2) is 3.87. The van der Waals surface area contributed by atoms with E-state index in [2.05, 4.69) is 5.10 Å². The fourth-order valence-corrected chi connectivity index (χ4v) is 0.423. The summed E-state index contributed by atoms with van der Waals surface area (Å²) in [6.45, 7) is 0. The van der Waals surface area contributed by atoms with Crippen LogP contribution in [0, 0.1) is 0 Å². The third kappa shape index (κ3) is 3.06. The van der Waals surface area contributed by atoms with Gasteiger partial charge < -0.3 is 9.91 Å². The highest BCUT2D eigenvalue weighted by Crippen LogP contribution is 1.82. The van der Waals surface area contributed by atoms with Gasteiger partial charge in [-0.05, 0) is 0 Å². The summed E-state index contributed by atoms with van der Waals surface area (Å²) in [4.78, 5) is 11.9. The van der Waals surface area contributed by atoms with Gasteiger partial charge in [0.1, 0.15) is 0 Å². The summed E-state index contributed by atoms with van der Waals surface area (Å²) in [5.41, 5.74) is 0. The lowest BCUT2D eigenvalue weighted by Crippen LogP contribution is -2.25. The molecule has 0 unspecified atom stereocenters. The molecule has 10 heavy (non-hydrogen) atoms. The Labute approximate surface area is 61.1 Å². The number of hydrogen-bond acceptors (Lipinski definition) is 3. The van der Waals surface area contributed by atoms with Gasteiger partial charge in [-0.15, -0.1) is 0 Å². The van der Waals surface area contributed by atoms with E-state index in [0.29, 0.717) is 5.84 Å². The maximum Gasteiger partial charge on any atom is 0.188 e. The van der Waals surface area contributed by atoms with E-state index in [1.807, 2.05) is 0 Å². The molecular weight excluding hydrogens is 130 g/mol. The lowest BCUT2D eigenvalue weighted by Gasteiger charge is -2.12. The SMILES string of the molecule is CN(C)N=C(C=O)N(C)C. The third-order valence-corrected chi connectivity index (χ3v) is 0.866. The molecule has 0 aromatic heterocycles. The predicted octanol–water partition coefficient (Wildman–Crippen LogP) is -0.378. The summed E-state index contributed by atoms with van der Waals surface area (Å²) >= 11 is 0. The normalized spacial score (nSPS) is 11.0. The van der Waals surface area contributed by atoms with Crippen LogP contribution in [0.25, 0.3) is 0 Å². The number of hydrogen-bond donors (Lipinski definition) is 0. The molecule has 0 atom stereocenters. The zero-order valence-corrected chi connectivity index (χ0v) is 6.83. The van der Waals surface area contributed by atoms with Crippen LogP contribution < -0.4 is 0 Å². The van der Waals surface area contributed by atoms with Crippen molar-refractivity contribution in [2.45, 2.75) is 0 Å². The highest BCUT2D eigenvalue weighted by Gasteiger charge is 1.97. The fraction of sp³-hybridized carbons (Fsp3) is 0.667. The lowest BCUT2D eigenvalue weighted by molar-refractivity contribution is -0.103. The Bertz CT molecular complexity index is 140. The number of nitrogens with zero attached hydrogens (tertiary/aromatic N) is 3. The second-order valence-electron chi connectivity index (χ2n) is 2.32. The van der Waals surface area contributed by atoms with Crippen molar-refractivity contribution in [2.75, 3.05) is 28.2 Å². The molecule has 0 bridgehead atoms. The Morgan fingerprint density at radius 1 is 1.30 bits per heavy atom. The van der Waals surface area contributed by atoms with Gasteiger partial charge in [0, 0.05) is 28.2 Å². The number of amidine groups is 1. The van der Waals surface area contributed by atoms with Gasteiger partial charge in [-0.2, -0.15) is 5.10 Å². The van der Waals surface area contributed by atoms with E-state index in [0.717, 1.165) is 6.29 Å². The molecule has 0 spiro atoms. The number of carbonyl (C=O) groups is 1. The molecule has 4 nitrogen and oxygen atoms in total. The summed E-state index contributed by atoms with van der Waals surface area (Å²) in [5, 5.41) is 5.49. The highest BCUT2D eigenvalue weighted by atomic mass is 16.1. The standard InChI is InChI=1S/C6H13N3O/c1-8(2)6(5-10)7-9(3)4/h5H,1-4H3. The molecule has 0 aliphatic rings. The molecule has 0 aliphatic carbocycles. The molecule has 0 saturated heterocycles. The number of aldehydes is 1. The van der Waals surface area contributed by atoms with Crippen molar-refractivity contribution >= 4 is 12.1 Å². The predicted molar refractivity (Wildman–Crippen MR) is 40.9 cm³/mol. The van der Waals surface area contributed by atoms with Crippen molar-refractivity contribution in [3.63, 3.8) is 0 Å². The Balaban J connectivity index is 4.18. The summed E-state index contributed by atoms with van der Waals surface area (Å²) in [6, 6.07) is 0. The van der Waals surface area contributed by atoms with Gasteiger partial charge in [-0.25, -0.2) is 0 Å². The van der Waals surface area contributed by atoms with Crippen molar-refractivity contribution in [2.24, 2.45) is 5.10 Å². The van der Waals surface area contributed by atoms with E-state index in [1.54, 1.807) is 38.1 Å². The largest absolute Gasteiger partial charge is 0.359 e. The second-order valence-corrected chi connectivity index (χ2v) is 2.32. The van der Waals surface area contributed by atoms with Crippen LogP contribution in [0.15, 0.2) is 5.10 Å². The average Bonchev–Trinajstić information content (AvgIpc) is 1.81. The van der Waals surface area contributed by atoms with E-state index in [4.69, 9.17) is 0 Å². The molecule has 0 fully saturated rings. The molecule has 0 amide bonds. The van der Waals surface area contributed by atoms with E-state index < -0.39 is 0 Å². The third-order valence-electron chi connectivity index (χ3n) is 0.866. The Morgan fingerprint density at radius 3 is 1.90 bits per heavy atom. The van der Waals surface area contributed by atoms with Crippen molar-refractivity contribution in [3.8, 4) is 0 Å². The van der Waals surface area contributed by atoms with Gasteiger partial charge >= 0.3 is 0 Å². The zero-order chi connectivity index (χ0) is 8.15. The molecule has 0 saturated carbocycles. The molecule has 4 heteroatoms. The Morgan fingerprint density at radius 2 is 1.80 bits per heavy atom. The van der Waals surface area contributed by atoms with Crippen LogP contribution in [-0.4, -0.2) is 50.2 Å². The molecule has 0 aromatic rings. The summed E-state index contributed by atoms with van der Waals surface area (Å²) in [5.74, 6) is 0.421. The average molecular weight is 143 g/mol. The topological polar surface area (TPSA) is 35.9 Å². The first-order chi connectivity index (χ1) is 4.57. The lowest BCUT2D eigenvalue weighted by atomic mass is 10.6. The van der Waals surface area contributed by atoms with E-state index in [9.17, 15) is 4.79 Å². The van der Waals surface area contributed by atoms with E-state index in [1.165, 1.54) is 0 Å². The molecule has 58 valence electrons. The smallest absolute Gasteiger partial charge is 0.188 e. The van der Waals surface area contributed by atoms with E-state index in [-0.39, 0.29) is 0 Å². The molecule has 0 radical (unpaired) electrons. The number of likely N-dealkylation sites (N-methyl/N-ethyl adjacent to an activating group) is 1. The molecule has 0 heterocycles. The van der Waals surface area contributed by atoms with Crippen LogP contribution in [0.5, 0.6) is 0 Å². The van der Waals surface area contributed by atoms with Crippen molar-refractivity contribution < 1.29 is 4.79 Å². The highest BCUT2D eigenvalue weighted by molar-refractivity contribution is 6.26. The van der Waals surface area contributed by atoms with Gasteiger partial charge in [0.05, 0.1) is 0 Å². The minimum atomic E-state index is 0.421. The quantitative estimate of drug-likeness (QED) is 0.229. The van der Waals surface area contributed by atoms with Crippen LogP contribution in [0.3, 0.4) is 0 Å². The van der Waals surface area contributed by atoms with Gasteiger partial charge in [0.15, 0.2) is 12.1 Å². The minimum absolute atomic E-state index is 0.421. The van der Waals surface area contributed by atoms with Gasteiger partial charge in [-0.1, -0.05) is 0 Å². The summed E-state index contributed by atoms with van der Waals surface area (Å²) < 4.78 is 0. The van der Waals surface area contributed by atoms with Gasteiger partial charge in [0.2, 0.25) is 0 Å². The molecule has 0 aromatic carbocycles. The molecule has 0 aliphatic heterocycles. The number of rotatable bonds is 2. The number of carbonyl (C=O) groups excluding carboxylic acids is 1. The van der Waals surface area contributed by atoms with Gasteiger partial charge in [0.25, 0.3) is 0 Å². The van der Waals surface area contributed by atoms with Crippen LogP contribution in [-0.2, 0) is 4.79 Å². The van der Waals surface area contributed by atoms with Crippen molar-refractivity contribution in [1.82, 2.24) is 9.91 Å². The maximum atomic E-state index is 10.3. The Kier molecular flexibility index (Phi) is 3.46. The molecule has 0 rings (SSSR count). The van der Waals surface area contributed by atoms with Crippen LogP contribution in [0.4, 0.5) is 0 Å². The van der Waals surface area contributed by atoms with Gasteiger partial charge in [-0.3, -0.25) is 4.79 Å². The first-order valence-electron chi connectivity index (χ1n) is 2.96. The minimum Gasteiger partial charge on any atom is -0.359 e. The van der Waals surface area contributed by atoms with Crippen LogP contribution in [0.2, 0.25) is 0 Å². The summed E-state index contributed by atoms with van der Waals surface area (Å²) in [7, 11) is 7.09. The van der Waals surface area contributed by atoms with Crippen LogP contribution >= 0.6 is 0 Å². The monoisotopic (exact) mass is 143 g/mol. The number of hydrazone groups is 1. The van der Waals surface area contributed by atoms with Crippen LogP contribution in [0.1, 0.15) is 0 Å². The first kappa shape index (κ1) is 8.94. The molecular formula is C6H13N3O. The Hall–Kier alpha value is -1.06. The van der Waals surface area contributed by atoms with Crippen molar-refractivity contribution in [1.29, 1.82) is 0 Å². The molecule has 0 N–H and O–H groups in total. The zero-order valence-electron chi connectivity index (χ0n) is 6.83. The fourth-order valence-electron chi connectivity index (χ4n) is 0.423. The van der Waals surface area contributed by atoms with Crippen molar-refractivity contribution in [3.05, 3.63) is 0 Å². The maximum absolute atomic E-state index is 10.3. The van der Waals surface area contributed by atoms with E-state index >= 15 is 0 Å². The first-order valence-corrected chi connectivity index (χ1v) is 2.96. The summed E-state index contributed by atoms with van der Waals surface area (Å²) in [6.07, 6.45) is 0.722.